The number of aliphatic hydroxyl groups excluding tert-OH is 1. The first kappa shape index (κ1) is 11.2. The molecule has 1 aliphatic rings. The fourth-order valence-corrected chi connectivity index (χ4v) is 1.94. The number of anilines is 1. The topological polar surface area (TPSA) is 58.7 Å². The van der Waals surface area contributed by atoms with Crippen LogP contribution in [0.25, 0.3) is 0 Å². The predicted molar refractivity (Wildman–Crippen MR) is 64.1 cm³/mol. The first-order valence-corrected chi connectivity index (χ1v) is 5.55. The van der Waals surface area contributed by atoms with Gasteiger partial charge in [0.25, 0.3) is 0 Å². The molecule has 1 atom stereocenters. The molecule has 0 bridgehead atoms. The zero-order valence-electron chi connectivity index (χ0n) is 9.52. The van der Waals surface area contributed by atoms with Crippen molar-refractivity contribution in [3.8, 4) is 5.75 Å². The Kier molecular flexibility index (Phi) is 3.31. The van der Waals surface area contributed by atoms with Gasteiger partial charge < -0.3 is 20.5 Å². The lowest BCUT2D eigenvalue weighted by atomic mass is 9.99. The van der Waals surface area contributed by atoms with Crippen LogP contribution in [0.1, 0.15) is 11.5 Å². The summed E-state index contributed by atoms with van der Waals surface area (Å²) in [5.41, 5.74) is 7.77. The summed E-state index contributed by atoms with van der Waals surface area (Å²) in [4.78, 5) is 2.16. The molecule has 1 heterocycles. The molecule has 16 heavy (non-hydrogen) atoms. The molecule has 3 N–H and O–H groups in total. The van der Waals surface area contributed by atoms with Gasteiger partial charge >= 0.3 is 0 Å². The van der Waals surface area contributed by atoms with Crippen molar-refractivity contribution in [3.63, 3.8) is 0 Å². The van der Waals surface area contributed by atoms with Crippen molar-refractivity contribution in [1.82, 2.24) is 0 Å². The number of benzene rings is 1. The Morgan fingerprint density at radius 1 is 1.56 bits per heavy atom. The largest absolute Gasteiger partial charge is 0.490 e. The van der Waals surface area contributed by atoms with Gasteiger partial charge in [-0.3, -0.25) is 0 Å². The number of hydrogen-bond donors (Lipinski definition) is 2. The van der Waals surface area contributed by atoms with Gasteiger partial charge in [-0.25, -0.2) is 0 Å². The van der Waals surface area contributed by atoms with Gasteiger partial charge in [0.1, 0.15) is 12.4 Å². The van der Waals surface area contributed by atoms with Crippen molar-refractivity contribution in [2.45, 2.75) is 5.92 Å². The number of ether oxygens (including phenoxy) is 1. The van der Waals surface area contributed by atoms with E-state index in [1.165, 1.54) is 0 Å². The van der Waals surface area contributed by atoms with Crippen molar-refractivity contribution in [1.29, 1.82) is 0 Å². The number of fused-ring (bicyclic) bond motifs is 1. The van der Waals surface area contributed by atoms with Crippen LogP contribution in [-0.4, -0.2) is 38.5 Å². The number of aliphatic hydroxyl groups is 1. The van der Waals surface area contributed by atoms with Gasteiger partial charge in [-0.1, -0.05) is 6.07 Å². The van der Waals surface area contributed by atoms with Gasteiger partial charge in [0.2, 0.25) is 0 Å². The van der Waals surface area contributed by atoms with Crippen LogP contribution in [0.3, 0.4) is 0 Å². The summed E-state index contributed by atoms with van der Waals surface area (Å²) in [6, 6.07) is 5.99. The fraction of sp³-hybridized carbons (Fsp3) is 0.500. The molecule has 2 rings (SSSR count). The third-order valence-electron chi connectivity index (χ3n) is 3.05. The second-order valence-electron chi connectivity index (χ2n) is 4.11. The third-order valence-corrected chi connectivity index (χ3v) is 3.05. The Hall–Kier alpha value is -1.26. The van der Waals surface area contributed by atoms with Gasteiger partial charge in [-0.15, -0.1) is 0 Å². The van der Waals surface area contributed by atoms with E-state index in [4.69, 9.17) is 10.5 Å². The number of nitrogens with two attached hydrogens (primary N) is 1. The monoisotopic (exact) mass is 222 g/mol. The highest BCUT2D eigenvalue weighted by Crippen LogP contribution is 2.33. The molecule has 0 aromatic heterocycles. The number of hydrogen-bond acceptors (Lipinski definition) is 4. The van der Waals surface area contributed by atoms with E-state index >= 15 is 0 Å². The summed E-state index contributed by atoms with van der Waals surface area (Å²) in [6.45, 7) is 2.16. The zero-order valence-corrected chi connectivity index (χ0v) is 9.52. The van der Waals surface area contributed by atoms with Crippen LogP contribution < -0.4 is 15.4 Å². The Labute approximate surface area is 95.6 Å². The molecule has 1 aromatic rings. The molecule has 0 aliphatic carbocycles. The Bertz CT molecular complexity index is 364. The number of likely N-dealkylation sites (N-methyl/N-ethyl adjacent to an activating group) is 1. The van der Waals surface area contributed by atoms with E-state index in [-0.39, 0.29) is 12.5 Å². The van der Waals surface area contributed by atoms with Gasteiger partial charge in [0.15, 0.2) is 0 Å². The lowest BCUT2D eigenvalue weighted by molar-refractivity contribution is 0.267. The predicted octanol–water partition coefficient (Wildman–Crippen LogP) is 0.550. The van der Waals surface area contributed by atoms with E-state index in [9.17, 15) is 5.11 Å². The molecule has 4 nitrogen and oxygen atoms in total. The molecule has 1 aromatic carbocycles. The maximum atomic E-state index is 9.22. The van der Waals surface area contributed by atoms with Crippen LogP contribution in [0.15, 0.2) is 18.2 Å². The quantitative estimate of drug-likeness (QED) is 0.784. The summed E-state index contributed by atoms with van der Waals surface area (Å²) in [7, 11) is 2.04. The molecule has 0 saturated heterocycles. The highest BCUT2D eigenvalue weighted by molar-refractivity contribution is 5.61. The molecule has 0 amide bonds. The molecule has 1 unspecified atom stereocenters. The molecule has 0 saturated carbocycles. The van der Waals surface area contributed by atoms with E-state index in [0.29, 0.717) is 6.54 Å². The minimum Gasteiger partial charge on any atom is -0.490 e. The zero-order chi connectivity index (χ0) is 11.5. The van der Waals surface area contributed by atoms with Crippen LogP contribution in [0.2, 0.25) is 0 Å². The average Bonchev–Trinajstić information content (AvgIpc) is 2.32. The molecular weight excluding hydrogens is 204 g/mol. The highest BCUT2D eigenvalue weighted by Gasteiger charge is 2.17. The molecule has 1 aliphatic heterocycles. The standard InChI is InChI=1S/C12H18N2O2/c1-14-4-5-16-12-3-2-9(6-11(12)14)10(7-13)8-15/h2-3,6,10,15H,4-5,7-8,13H2,1H3. The Balaban J connectivity index is 2.33. The van der Waals surface area contributed by atoms with Crippen LogP contribution in [0.5, 0.6) is 5.75 Å². The maximum absolute atomic E-state index is 9.22. The Morgan fingerprint density at radius 2 is 2.38 bits per heavy atom. The van der Waals surface area contributed by atoms with Gasteiger partial charge in [-0.2, -0.15) is 0 Å². The summed E-state index contributed by atoms with van der Waals surface area (Å²) < 4.78 is 5.56. The number of rotatable bonds is 3. The second kappa shape index (κ2) is 4.72. The van der Waals surface area contributed by atoms with Gasteiger partial charge in [0.05, 0.1) is 18.8 Å². The smallest absolute Gasteiger partial charge is 0.142 e. The van der Waals surface area contributed by atoms with Crippen molar-refractivity contribution in [3.05, 3.63) is 23.8 Å². The van der Waals surface area contributed by atoms with Crippen molar-refractivity contribution >= 4 is 5.69 Å². The summed E-state index contributed by atoms with van der Waals surface area (Å²) in [6.07, 6.45) is 0. The average molecular weight is 222 g/mol. The van der Waals surface area contributed by atoms with E-state index in [0.717, 1.165) is 30.2 Å². The van der Waals surface area contributed by atoms with Crippen LogP contribution in [0.4, 0.5) is 5.69 Å². The minimum absolute atomic E-state index is 0.0145. The summed E-state index contributed by atoms with van der Waals surface area (Å²) >= 11 is 0. The lowest BCUT2D eigenvalue weighted by Crippen LogP contribution is -2.29. The highest BCUT2D eigenvalue weighted by atomic mass is 16.5. The normalized spacial score (nSPS) is 16.6. The van der Waals surface area contributed by atoms with Crippen LogP contribution >= 0.6 is 0 Å². The number of nitrogens with zero attached hydrogens (tertiary/aromatic N) is 1. The molecule has 0 radical (unpaired) electrons. The fourth-order valence-electron chi connectivity index (χ4n) is 1.94. The SMILES string of the molecule is CN1CCOc2ccc(C(CN)CO)cc21. The van der Waals surface area contributed by atoms with Gasteiger partial charge in [-0.05, 0) is 17.7 Å². The molecule has 0 fully saturated rings. The summed E-state index contributed by atoms with van der Waals surface area (Å²) in [5.74, 6) is 0.923. The third kappa shape index (κ3) is 1.99. The molecule has 0 spiro atoms. The van der Waals surface area contributed by atoms with Gasteiger partial charge in [0, 0.05) is 19.5 Å². The van der Waals surface area contributed by atoms with E-state index in [1.807, 2.05) is 19.2 Å². The first-order valence-electron chi connectivity index (χ1n) is 5.55. The molecule has 4 heteroatoms. The molecular formula is C12H18N2O2. The van der Waals surface area contributed by atoms with Crippen molar-refractivity contribution in [2.24, 2.45) is 5.73 Å². The Morgan fingerprint density at radius 3 is 3.06 bits per heavy atom. The molecule has 88 valence electrons. The van der Waals surface area contributed by atoms with Crippen LogP contribution in [-0.2, 0) is 0 Å². The van der Waals surface area contributed by atoms with E-state index in [1.54, 1.807) is 0 Å². The maximum Gasteiger partial charge on any atom is 0.142 e. The van der Waals surface area contributed by atoms with E-state index < -0.39 is 0 Å². The summed E-state index contributed by atoms with van der Waals surface area (Å²) in [5, 5.41) is 9.22. The van der Waals surface area contributed by atoms with Crippen LogP contribution in [0, 0.1) is 0 Å². The minimum atomic E-state index is 0.0145. The lowest BCUT2D eigenvalue weighted by Gasteiger charge is -2.28. The van der Waals surface area contributed by atoms with Crippen molar-refractivity contribution < 1.29 is 9.84 Å². The first-order chi connectivity index (χ1) is 7.76. The van der Waals surface area contributed by atoms with Crippen molar-refractivity contribution in [2.75, 3.05) is 38.3 Å². The second-order valence-corrected chi connectivity index (χ2v) is 4.11. The van der Waals surface area contributed by atoms with E-state index in [2.05, 4.69) is 11.0 Å².